The van der Waals surface area contributed by atoms with Crippen LogP contribution in [0.2, 0.25) is 0 Å². The first-order chi connectivity index (χ1) is 7.96. The Kier molecular flexibility index (Phi) is 3.40. The van der Waals surface area contributed by atoms with E-state index in [1.165, 1.54) is 11.1 Å². The molecule has 1 aliphatic heterocycles. The smallest absolute Gasteiger partial charge is 0.122 e. The van der Waals surface area contributed by atoms with Gasteiger partial charge >= 0.3 is 0 Å². The van der Waals surface area contributed by atoms with E-state index in [1.807, 2.05) is 6.92 Å². The molecule has 0 aromatic heterocycles. The molecule has 1 aliphatic rings. The van der Waals surface area contributed by atoms with Crippen molar-refractivity contribution in [3.05, 3.63) is 29.3 Å². The van der Waals surface area contributed by atoms with Crippen molar-refractivity contribution in [3.63, 3.8) is 0 Å². The Balaban J connectivity index is 1.77. The van der Waals surface area contributed by atoms with E-state index in [0.29, 0.717) is 6.61 Å². The lowest BCUT2D eigenvalue weighted by Crippen LogP contribution is -2.60. The number of aryl methyl sites for hydroxylation is 2. The standard InChI is InChI=1S/C14H21NO2/c1-11-4-5-12(2)13(8-11)17-7-6-15-9-14(3,16)10-15/h4-5,8,16H,6-7,9-10H2,1-3H3. The molecule has 0 spiro atoms. The minimum Gasteiger partial charge on any atom is -0.492 e. The highest BCUT2D eigenvalue weighted by atomic mass is 16.5. The molecule has 3 nitrogen and oxygen atoms in total. The van der Waals surface area contributed by atoms with Crippen molar-refractivity contribution in [2.45, 2.75) is 26.4 Å². The van der Waals surface area contributed by atoms with Gasteiger partial charge in [-0.05, 0) is 38.0 Å². The molecule has 0 unspecified atom stereocenters. The maximum absolute atomic E-state index is 9.60. The molecule has 0 atom stereocenters. The van der Waals surface area contributed by atoms with Crippen LogP contribution in [0.1, 0.15) is 18.1 Å². The van der Waals surface area contributed by atoms with E-state index in [2.05, 4.69) is 36.9 Å². The molecule has 1 heterocycles. The van der Waals surface area contributed by atoms with Crippen LogP contribution < -0.4 is 4.74 Å². The Hall–Kier alpha value is -1.06. The van der Waals surface area contributed by atoms with Gasteiger partial charge in [-0.2, -0.15) is 0 Å². The van der Waals surface area contributed by atoms with E-state index < -0.39 is 5.60 Å². The van der Waals surface area contributed by atoms with Gasteiger partial charge < -0.3 is 9.84 Å². The second kappa shape index (κ2) is 4.67. The third kappa shape index (κ3) is 3.20. The van der Waals surface area contributed by atoms with Crippen LogP contribution >= 0.6 is 0 Å². The average molecular weight is 235 g/mol. The summed E-state index contributed by atoms with van der Waals surface area (Å²) in [4.78, 5) is 2.20. The van der Waals surface area contributed by atoms with Crippen LogP contribution in [0.15, 0.2) is 18.2 Å². The van der Waals surface area contributed by atoms with Gasteiger partial charge in [-0.1, -0.05) is 12.1 Å². The van der Waals surface area contributed by atoms with Crippen molar-refractivity contribution >= 4 is 0 Å². The third-order valence-electron chi connectivity index (χ3n) is 3.14. The molecule has 0 amide bonds. The molecule has 0 aliphatic carbocycles. The highest BCUT2D eigenvalue weighted by molar-refractivity contribution is 5.35. The van der Waals surface area contributed by atoms with Crippen molar-refractivity contribution in [1.29, 1.82) is 0 Å². The van der Waals surface area contributed by atoms with Gasteiger partial charge in [-0.25, -0.2) is 0 Å². The maximum atomic E-state index is 9.60. The number of ether oxygens (including phenoxy) is 1. The molecule has 1 fully saturated rings. The summed E-state index contributed by atoms with van der Waals surface area (Å²) in [7, 11) is 0. The fourth-order valence-corrected chi connectivity index (χ4v) is 2.22. The van der Waals surface area contributed by atoms with Crippen molar-refractivity contribution < 1.29 is 9.84 Å². The van der Waals surface area contributed by atoms with Gasteiger partial charge in [0.15, 0.2) is 0 Å². The van der Waals surface area contributed by atoms with Crippen LogP contribution in [-0.4, -0.2) is 41.8 Å². The van der Waals surface area contributed by atoms with Crippen LogP contribution in [0.3, 0.4) is 0 Å². The largest absolute Gasteiger partial charge is 0.492 e. The summed E-state index contributed by atoms with van der Waals surface area (Å²) in [5.74, 6) is 0.970. The monoisotopic (exact) mass is 235 g/mol. The van der Waals surface area contributed by atoms with Crippen molar-refractivity contribution in [1.82, 2.24) is 4.90 Å². The fourth-order valence-electron chi connectivity index (χ4n) is 2.22. The van der Waals surface area contributed by atoms with Gasteiger partial charge in [-0.3, -0.25) is 4.90 Å². The molecule has 2 rings (SSSR count). The molecule has 94 valence electrons. The predicted molar refractivity (Wildman–Crippen MR) is 68.5 cm³/mol. The van der Waals surface area contributed by atoms with E-state index in [-0.39, 0.29) is 0 Å². The molecule has 1 saturated heterocycles. The molecule has 3 heteroatoms. The van der Waals surface area contributed by atoms with E-state index in [9.17, 15) is 5.11 Å². The normalized spacial score (nSPS) is 18.8. The zero-order chi connectivity index (χ0) is 12.5. The summed E-state index contributed by atoms with van der Waals surface area (Å²) in [6.45, 7) is 9.06. The maximum Gasteiger partial charge on any atom is 0.122 e. The number of hydrogen-bond acceptors (Lipinski definition) is 3. The Morgan fingerprint density at radius 1 is 1.35 bits per heavy atom. The van der Waals surface area contributed by atoms with Crippen LogP contribution in [0, 0.1) is 13.8 Å². The third-order valence-corrected chi connectivity index (χ3v) is 3.14. The molecule has 1 aromatic carbocycles. The second-order valence-corrected chi connectivity index (χ2v) is 5.33. The van der Waals surface area contributed by atoms with Gasteiger partial charge in [0.25, 0.3) is 0 Å². The molecule has 1 aromatic rings. The Morgan fingerprint density at radius 3 is 2.71 bits per heavy atom. The fraction of sp³-hybridized carbons (Fsp3) is 0.571. The number of β-amino-alcohol motifs (C(OH)–C–C–N with tert-alkyl or cyclic N) is 1. The Morgan fingerprint density at radius 2 is 2.06 bits per heavy atom. The van der Waals surface area contributed by atoms with Crippen LogP contribution in [0.5, 0.6) is 5.75 Å². The predicted octanol–water partition coefficient (Wildman–Crippen LogP) is 1.75. The summed E-state index contributed by atoms with van der Waals surface area (Å²) in [6.07, 6.45) is 0. The summed E-state index contributed by atoms with van der Waals surface area (Å²) in [5, 5.41) is 9.60. The minimum absolute atomic E-state index is 0.487. The Labute approximate surface area is 103 Å². The number of hydrogen-bond donors (Lipinski definition) is 1. The zero-order valence-corrected chi connectivity index (χ0v) is 10.9. The molecule has 17 heavy (non-hydrogen) atoms. The Bertz CT molecular complexity index is 393. The molecule has 0 bridgehead atoms. The summed E-state index contributed by atoms with van der Waals surface area (Å²) >= 11 is 0. The van der Waals surface area contributed by atoms with Gasteiger partial charge in [0.1, 0.15) is 12.4 Å². The first-order valence-corrected chi connectivity index (χ1v) is 6.11. The van der Waals surface area contributed by atoms with Crippen LogP contribution in [0.4, 0.5) is 0 Å². The highest BCUT2D eigenvalue weighted by Crippen LogP contribution is 2.21. The van der Waals surface area contributed by atoms with E-state index in [4.69, 9.17) is 4.74 Å². The summed E-state index contributed by atoms with van der Waals surface area (Å²) in [5.41, 5.74) is 1.91. The molecular weight excluding hydrogens is 214 g/mol. The van der Waals surface area contributed by atoms with Crippen molar-refractivity contribution in [2.75, 3.05) is 26.2 Å². The lowest BCUT2D eigenvalue weighted by Gasteiger charge is -2.44. The molecule has 0 saturated carbocycles. The number of nitrogens with zero attached hydrogens (tertiary/aromatic N) is 1. The number of aliphatic hydroxyl groups is 1. The van der Waals surface area contributed by atoms with Crippen molar-refractivity contribution in [3.8, 4) is 5.75 Å². The van der Waals surface area contributed by atoms with Gasteiger partial charge in [0.2, 0.25) is 0 Å². The number of benzene rings is 1. The van der Waals surface area contributed by atoms with Gasteiger partial charge in [-0.15, -0.1) is 0 Å². The molecule has 1 N–H and O–H groups in total. The first kappa shape index (κ1) is 12.4. The SMILES string of the molecule is Cc1ccc(C)c(OCCN2CC(C)(O)C2)c1. The first-order valence-electron chi connectivity index (χ1n) is 6.11. The zero-order valence-electron chi connectivity index (χ0n) is 10.9. The summed E-state index contributed by atoms with van der Waals surface area (Å²) in [6, 6.07) is 6.25. The number of rotatable bonds is 4. The topological polar surface area (TPSA) is 32.7 Å². The van der Waals surface area contributed by atoms with Gasteiger partial charge in [0.05, 0.1) is 5.60 Å². The van der Waals surface area contributed by atoms with E-state index in [1.54, 1.807) is 0 Å². The van der Waals surface area contributed by atoms with E-state index >= 15 is 0 Å². The van der Waals surface area contributed by atoms with E-state index in [0.717, 1.165) is 25.4 Å². The minimum atomic E-state index is -0.487. The van der Waals surface area contributed by atoms with Gasteiger partial charge in [0, 0.05) is 19.6 Å². The highest BCUT2D eigenvalue weighted by Gasteiger charge is 2.35. The lowest BCUT2D eigenvalue weighted by molar-refractivity contribution is -0.0859. The molecule has 0 radical (unpaired) electrons. The van der Waals surface area contributed by atoms with Crippen molar-refractivity contribution in [2.24, 2.45) is 0 Å². The summed E-state index contributed by atoms with van der Waals surface area (Å²) < 4.78 is 5.77. The average Bonchev–Trinajstić information content (AvgIpc) is 2.20. The lowest BCUT2D eigenvalue weighted by atomic mass is 9.97. The number of likely N-dealkylation sites (tertiary alicyclic amines) is 1. The van der Waals surface area contributed by atoms with Crippen LogP contribution in [-0.2, 0) is 0 Å². The quantitative estimate of drug-likeness (QED) is 0.863. The molecular formula is C14H21NO2. The van der Waals surface area contributed by atoms with Crippen LogP contribution in [0.25, 0.3) is 0 Å². The second-order valence-electron chi connectivity index (χ2n) is 5.33.